The standard InChI is InChI=1S/C25H24FNO4/c26-18-13-11-16(12-14-18)22-19-6-3-4-8-21(19)27-23(17-9-10-17)20(22)7-2-1-5-15-25(30,31)24(28)29/h2-4,6-8,11-14,17,30-31H,1,5,9-10,15H2,(H,28,29)/b7-2+. The SMILES string of the molecule is O=C(O)C(O)(O)CCC/C=C/c1c(C2CC2)nc2ccccc2c1-c1ccc(F)cc1. The number of aliphatic carboxylic acids is 1. The Kier molecular flexibility index (Phi) is 5.85. The quantitative estimate of drug-likeness (QED) is 0.357. The Morgan fingerprint density at radius 3 is 2.52 bits per heavy atom. The average Bonchev–Trinajstić information content (AvgIpc) is 3.58. The van der Waals surface area contributed by atoms with Gasteiger partial charge in [0, 0.05) is 28.9 Å². The summed E-state index contributed by atoms with van der Waals surface area (Å²) in [5.74, 6) is -4.27. The van der Waals surface area contributed by atoms with Crippen LogP contribution in [0.15, 0.2) is 54.6 Å². The molecule has 1 saturated carbocycles. The third kappa shape index (κ3) is 4.65. The molecular formula is C25H24FNO4. The lowest BCUT2D eigenvalue weighted by atomic mass is 9.92. The van der Waals surface area contributed by atoms with Crippen LogP contribution >= 0.6 is 0 Å². The number of halogens is 1. The molecule has 3 N–H and O–H groups in total. The Bertz CT molecular complexity index is 1130. The van der Waals surface area contributed by atoms with Crippen molar-refractivity contribution in [2.24, 2.45) is 0 Å². The van der Waals surface area contributed by atoms with Gasteiger partial charge >= 0.3 is 5.97 Å². The van der Waals surface area contributed by atoms with Crippen molar-refractivity contribution >= 4 is 22.9 Å². The van der Waals surface area contributed by atoms with Crippen molar-refractivity contribution in [3.8, 4) is 11.1 Å². The summed E-state index contributed by atoms with van der Waals surface area (Å²) in [6.07, 6.45) is 6.56. The number of rotatable bonds is 8. The smallest absolute Gasteiger partial charge is 0.364 e. The maximum atomic E-state index is 13.6. The summed E-state index contributed by atoms with van der Waals surface area (Å²) in [5.41, 5.74) is 4.78. The number of unbranched alkanes of at least 4 members (excludes halogenated alkanes) is 1. The van der Waals surface area contributed by atoms with Crippen molar-refractivity contribution in [3.05, 3.63) is 71.7 Å². The molecule has 1 aliphatic carbocycles. The lowest BCUT2D eigenvalue weighted by molar-refractivity contribution is -0.205. The summed E-state index contributed by atoms with van der Waals surface area (Å²) < 4.78 is 13.6. The first-order valence-corrected chi connectivity index (χ1v) is 10.4. The highest BCUT2D eigenvalue weighted by Crippen LogP contribution is 2.45. The van der Waals surface area contributed by atoms with Crippen LogP contribution < -0.4 is 0 Å². The van der Waals surface area contributed by atoms with Crippen LogP contribution in [-0.2, 0) is 4.79 Å². The maximum absolute atomic E-state index is 13.6. The van der Waals surface area contributed by atoms with Crippen LogP contribution in [0.3, 0.4) is 0 Å². The van der Waals surface area contributed by atoms with E-state index < -0.39 is 11.8 Å². The molecule has 0 atom stereocenters. The van der Waals surface area contributed by atoms with E-state index in [9.17, 15) is 19.4 Å². The van der Waals surface area contributed by atoms with Crippen molar-refractivity contribution < 1.29 is 24.5 Å². The average molecular weight is 421 g/mol. The van der Waals surface area contributed by atoms with Crippen LogP contribution in [-0.4, -0.2) is 32.1 Å². The molecule has 0 bridgehead atoms. The molecule has 1 fully saturated rings. The molecule has 31 heavy (non-hydrogen) atoms. The van der Waals surface area contributed by atoms with Gasteiger partial charge in [-0.05, 0) is 49.4 Å². The van der Waals surface area contributed by atoms with Gasteiger partial charge in [-0.25, -0.2) is 9.18 Å². The molecule has 0 saturated heterocycles. The summed E-state index contributed by atoms with van der Waals surface area (Å²) in [4.78, 5) is 15.7. The van der Waals surface area contributed by atoms with E-state index in [4.69, 9.17) is 10.1 Å². The van der Waals surface area contributed by atoms with E-state index >= 15 is 0 Å². The zero-order chi connectivity index (χ0) is 22.0. The monoisotopic (exact) mass is 421 g/mol. The number of hydrogen-bond donors (Lipinski definition) is 3. The second-order valence-electron chi connectivity index (χ2n) is 8.00. The molecule has 0 aliphatic heterocycles. The van der Waals surface area contributed by atoms with Gasteiger partial charge in [0.15, 0.2) is 0 Å². The zero-order valence-corrected chi connectivity index (χ0v) is 17.0. The van der Waals surface area contributed by atoms with Crippen molar-refractivity contribution in [1.29, 1.82) is 0 Å². The lowest BCUT2D eigenvalue weighted by Crippen LogP contribution is -2.37. The van der Waals surface area contributed by atoms with Crippen LogP contribution in [0.4, 0.5) is 4.39 Å². The largest absolute Gasteiger partial charge is 0.477 e. The van der Waals surface area contributed by atoms with Gasteiger partial charge in [0.2, 0.25) is 0 Å². The van der Waals surface area contributed by atoms with Crippen molar-refractivity contribution in [2.75, 3.05) is 0 Å². The molecule has 3 aromatic rings. The lowest BCUT2D eigenvalue weighted by Gasteiger charge is -2.16. The Morgan fingerprint density at radius 1 is 1.13 bits per heavy atom. The van der Waals surface area contributed by atoms with E-state index in [1.807, 2.05) is 36.4 Å². The Balaban J connectivity index is 1.72. The number of aromatic nitrogens is 1. The molecule has 1 heterocycles. The number of carboxylic acid groups (broad SMARTS) is 1. The molecule has 2 aromatic carbocycles. The fraction of sp³-hybridized carbons (Fsp3) is 0.280. The molecule has 0 spiro atoms. The summed E-state index contributed by atoms with van der Waals surface area (Å²) in [6.45, 7) is 0. The summed E-state index contributed by atoms with van der Waals surface area (Å²) in [5, 5.41) is 28.7. The van der Waals surface area contributed by atoms with Gasteiger partial charge in [0.25, 0.3) is 5.79 Å². The van der Waals surface area contributed by atoms with E-state index in [0.717, 1.165) is 46.1 Å². The van der Waals surface area contributed by atoms with Crippen LogP contribution in [0.2, 0.25) is 0 Å². The molecule has 5 nitrogen and oxygen atoms in total. The van der Waals surface area contributed by atoms with Crippen molar-refractivity contribution in [1.82, 2.24) is 4.98 Å². The van der Waals surface area contributed by atoms with Crippen molar-refractivity contribution in [2.45, 2.75) is 43.8 Å². The minimum Gasteiger partial charge on any atom is -0.477 e. The number of hydrogen-bond acceptors (Lipinski definition) is 4. The summed E-state index contributed by atoms with van der Waals surface area (Å²) >= 11 is 0. The van der Waals surface area contributed by atoms with Gasteiger partial charge in [-0.1, -0.05) is 42.5 Å². The first kappa shape index (κ1) is 21.2. The third-order valence-electron chi connectivity index (χ3n) is 5.58. The fourth-order valence-corrected chi connectivity index (χ4v) is 3.78. The molecule has 0 amide bonds. The molecule has 0 unspecified atom stereocenters. The number of carboxylic acids is 1. The Hall–Kier alpha value is -3.09. The molecule has 0 radical (unpaired) electrons. The van der Waals surface area contributed by atoms with Crippen LogP contribution in [0.25, 0.3) is 28.1 Å². The maximum Gasteiger partial charge on any atom is 0.364 e. The highest BCUT2D eigenvalue weighted by atomic mass is 19.1. The van der Waals surface area contributed by atoms with Gasteiger partial charge in [-0.2, -0.15) is 0 Å². The van der Waals surface area contributed by atoms with Gasteiger partial charge in [-0.3, -0.25) is 4.98 Å². The highest BCUT2D eigenvalue weighted by Gasteiger charge is 2.32. The molecule has 4 rings (SSSR count). The highest BCUT2D eigenvalue weighted by molar-refractivity contribution is 5.99. The summed E-state index contributed by atoms with van der Waals surface area (Å²) in [6, 6.07) is 14.3. The molecule has 1 aromatic heterocycles. The number of fused-ring (bicyclic) bond motifs is 1. The number of para-hydroxylation sites is 1. The van der Waals surface area contributed by atoms with Gasteiger partial charge in [0.1, 0.15) is 5.82 Å². The number of nitrogens with zero attached hydrogens (tertiary/aromatic N) is 1. The Labute approximate surface area is 179 Å². The second kappa shape index (κ2) is 8.57. The summed E-state index contributed by atoms with van der Waals surface area (Å²) in [7, 11) is 0. The normalized spacial score (nSPS) is 14.4. The topological polar surface area (TPSA) is 90.7 Å². The third-order valence-corrected chi connectivity index (χ3v) is 5.58. The zero-order valence-electron chi connectivity index (χ0n) is 17.0. The van der Waals surface area contributed by atoms with Gasteiger partial charge in [-0.15, -0.1) is 0 Å². The molecule has 6 heteroatoms. The minimum atomic E-state index is -2.71. The number of pyridine rings is 1. The van der Waals surface area contributed by atoms with E-state index in [2.05, 4.69) is 0 Å². The molecule has 160 valence electrons. The Morgan fingerprint density at radius 2 is 1.84 bits per heavy atom. The van der Waals surface area contributed by atoms with Crippen molar-refractivity contribution in [3.63, 3.8) is 0 Å². The second-order valence-corrected chi connectivity index (χ2v) is 8.00. The first-order chi connectivity index (χ1) is 14.9. The van der Waals surface area contributed by atoms with Crippen LogP contribution in [0.1, 0.15) is 49.3 Å². The van der Waals surface area contributed by atoms with Gasteiger partial charge in [0.05, 0.1) is 11.2 Å². The minimum absolute atomic E-state index is 0.261. The predicted molar refractivity (Wildman–Crippen MR) is 117 cm³/mol. The number of aliphatic hydroxyl groups is 2. The number of benzene rings is 2. The predicted octanol–water partition coefficient (Wildman–Crippen LogP) is 4.87. The first-order valence-electron chi connectivity index (χ1n) is 10.4. The molecular weight excluding hydrogens is 397 g/mol. The van der Waals surface area contributed by atoms with Crippen LogP contribution in [0.5, 0.6) is 0 Å². The van der Waals surface area contributed by atoms with Crippen LogP contribution in [0, 0.1) is 5.82 Å². The van der Waals surface area contributed by atoms with E-state index in [1.165, 1.54) is 12.1 Å². The van der Waals surface area contributed by atoms with E-state index in [1.54, 1.807) is 12.1 Å². The van der Waals surface area contributed by atoms with E-state index in [0.29, 0.717) is 18.8 Å². The van der Waals surface area contributed by atoms with E-state index in [-0.39, 0.29) is 12.2 Å². The molecule has 1 aliphatic rings. The van der Waals surface area contributed by atoms with Gasteiger partial charge < -0.3 is 15.3 Å². The number of carbonyl (C=O) groups is 1. The fourth-order valence-electron chi connectivity index (χ4n) is 3.78. The number of allylic oxidation sites excluding steroid dienone is 1.